The van der Waals surface area contributed by atoms with Gasteiger partial charge in [-0.15, -0.1) is 0 Å². The molecular formula is C9H10O6S. The molecule has 0 aliphatic carbocycles. The molecule has 88 valence electrons. The Morgan fingerprint density at radius 1 is 1.31 bits per heavy atom. The fourth-order valence-electron chi connectivity index (χ4n) is 1.24. The van der Waals surface area contributed by atoms with E-state index in [2.05, 4.69) is 0 Å². The van der Waals surface area contributed by atoms with Crippen LogP contribution in [0.3, 0.4) is 0 Å². The van der Waals surface area contributed by atoms with Gasteiger partial charge in [-0.25, -0.2) is 4.79 Å². The summed E-state index contributed by atoms with van der Waals surface area (Å²) in [6.45, 7) is -0.197. The lowest BCUT2D eigenvalue weighted by atomic mass is 10.1. The first-order chi connectivity index (χ1) is 7.36. The smallest absolute Gasteiger partial charge is 0.337 e. The number of aliphatic hydroxyl groups excluding tert-OH is 1. The Morgan fingerprint density at radius 2 is 1.94 bits per heavy atom. The average molecular weight is 246 g/mol. The van der Waals surface area contributed by atoms with Crippen LogP contribution in [0.15, 0.2) is 23.1 Å². The first kappa shape index (κ1) is 12.6. The molecule has 6 nitrogen and oxygen atoms in total. The minimum absolute atomic E-state index is 0.183. The largest absolute Gasteiger partial charge is 0.478 e. The molecule has 0 amide bonds. The summed E-state index contributed by atoms with van der Waals surface area (Å²) in [6, 6.07) is 3.50. The minimum Gasteiger partial charge on any atom is -0.478 e. The molecule has 0 saturated carbocycles. The van der Waals surface area contributed by atoms with Crippen LogP contribution in [0, 0.1) is 0 Å². The lowest BCUT2D eigenvalue weighted by Gasteiger charge is -2.05. The summed E-state index contributed by atoms with van der Waals surface area (Å²) in [5.41, 5.74) is -0.0654. The number of aromatic carboxylic acids is 1. The molecular weight excluding hydrogens is 236 g/mol. The van der Waals surface area contributed by atoms with Gasteiger partial charge in [-0.1, -0.05) is 6.07 Å². The van der Waals surface area contributed by atoms with Crippen LogP contribution in [0.1, 0.15) is 15.9 Å². The van der Waals surface area contributed by atoms with Gasteiger partial charge >= 0.3 is 5.97 Å². The zero-order valence-electron chi connectivity index (χ0n) is 8.12. The van der Waals surface area contributed by atoms with Gasteiger partial charge in [-0.2, -0.15) is 8.42 Å². The molecule has 0 spiro atoms. The van der Waals surface area contributed by atoms with E-state index in [-0.39, 0.29) is 13.0 Å². The first-order valence-corrected chi connectivity index (χ1v) is 5.75. The second kappa shape index (κ2) is 4.60. The van der Waals surface area contributed by atoms with E-state index < -0.39 is 26.5 Å². The van der Waals surface area contributed by atoms with Crippen molar-refractivity contribution in [1.29, 1.82) is 0 Å². The van der Waals surface area contributed by atoms with Crippen molar-refractivity contribution in [1.82, 2.24) is 0 Å². The van der Waals surface area contributed by atoms with Gasteiger partial charge in [0, 0.05) is 6.61 Å². The number of carbonyl (C=O) groups is 1. The van der Waals surface area contributed by atoms with E-state index >= 15 is 0 Å². The molecule has 0 bridgehead atoms. The highest BCUT2D eigenvalue weighted by Crippen LogP contribution is 2.18. The fourth-order valence-corrected chi connectivity index (χ4v) is 1.98. The summed E-state index contributed by atoms with van der Waals surface area (Å²) in [5, 5.41) is 17.4. The maximum absolute atomic E-state index is 10.9. The average Bonchev–Trinajstić information content (AvgIpc) is 2.16. The molecule has 7 heteroatoms. The van der Waals surface area contributed by atoms with Gasteiger partial charge in [-0.3, -0.25) is 4.55 Å². The zero-order chi connectivity index (χ0) is 12.3. The third kappa shape index (κ3) is 2.78. The molecule has 1 aromatic rings. The third-order valence-electron chi connectivity index (χ3n) is 1.95. The van der Waals surface area contributed by atoms with E-state index in [0.29, 0.717) is 5.56 Å². The minimum atomic E-state index is -4.58. The molecule has 3 N–H and O–H groups in total. The normalized spacial score (nSPS) is 11.4. The number of carboxylic acid groups (broad SMARTS) is 1. The fraction of sp³-hybridized carbons (Fsp3) is 0.222. The molecule has 1 aromatic carbocycles. The summed E-state index contributed by atoms with van der Waals surface area (Å²) >= 11 is 0. The van der Waals surface area contributed by atoms with E-state index in [0.717, 1.165) is 12.1 Å². The van der Waals surface area contributed by atoms with Crippen LogP contribution in [0.5, 0.6) is 0 Å². The Bertz CT molecular complexity index is 505. The monoisotopic (exact) mass is 246 g/mol. The van der Waals surface area contributed by atoms with Gasteiger partial charge in [-0.05, 0) is 24.1 Å². The van der Waals surface area contributed by atoms with Crippen molar-refractivity contribution >= 4 is 16.1 Å². The van der Waals surface area contributed by atoms with Gasteiger partial charge < -0.3 is 10.2 Å². The van der Waals surface area contributed by atoms with Crippen LogP contribution in [0.4, 0.5) is 0 Å². The van der Waals surface area contributed by atoms with Crippen LogP contribution < -0.4 is 0 Å². The molecule has 0 aliphatic rings. The summed E-state index contributed by atoms with van der Waals surface area (Å²) < 4.78 is 30.7. The number of rotatable bonds is 4. The van der Waals surface area contributed by atoms with Crippen molar-refractivity contribution in [2.24, 2.45) is 0 Å². The standard InChI is InChI=1S/C9H10O6S/c10-4-3-6-1-2-7(9(11)12)8(5-6)16(13,14)15/h1-2,5,10H,3-4H2,(H,11,12)(H,13,14,15). The van der Waals surface area contributed by atoms with E-state index in [1.165, 1.54) is 6.07 Å². The predicted molar refractivity (Wildman–Crippen MR) is 54.0 cm³/mol. The van der Waals surface area contributed by atoms with Crippen LogP contribution >= 0.6 is 0 Å². The molecule has 1 rings (SSSR count). The lowest BCUT2D eigenvalue weighted by molar-refractivity contribution is 0.0692. The number of benzene rings is 1. The summed E-state index contributed by atoms with van der Waals surface area (Å²) in [5.74, 6) is -1.44. The Hall–Kier alpha value is -1.44. The Morgan fingerprint density at radius 3 is 2.38 bits per heavy atom. The molecule has 16 heavy (non-hydrogen) atoms. The lowest BCUT2D eigenvalue weighted by Crippen LogP contribution is -2.09. The second-order valence-corrected chi connectivity index (χ2v) is 4.47. The Kier molecular flexibility index (Phi) is 3.63. The van der Waals surface area contributed by atoms with Crippen molar-refractivity contribution in [3.63, 3.8) is 0 Å². The van der Waals surface area contributed by atoms with Crippen LogP contribution in [-0.4, -0.2) is 35.8 Å². The van der Waals surface area contributed by atoms with Crippen molar-refractivity contribution in [3.8, 4) is 0 Å². The maximum Gasteiger partial charge on any atom is 0.337 e. The number of hydrogen-bond acceptors (Lipinski definition) is 4. The first-order valence-electron chi connectivity index (χ1n) is 4.31. The number of hydrogen-bond donors (Lipinski definition) is 3. The quantitative estimate of drug-likeness (QED) is 0.653. The number of aliphatic hydroxyl groups is 1. The SMILES string of the molecule is O=C(O)c1ccc(CCO)cc1S(=O)(=O)O. The topological polar surface area (TPSA) is 112 Å². The summed E-state index contributed by atoms with van der Waals surface area (Å²) in [7, 11) is -4.58. The van der Waals surface area contributed by atoms with E-state index in [9.17, 15) is 13.2 Å². The van der Waals surface area contributed by atoms with E-state index in [1.807, 2.05) is 0 Å². The van der Waals surface area contributed by atoms with Gasteiger partial charge in [0.25, 0.3) is 10.1 Å². The molecule has 0 aliphatic heterocycles. The van der Waals surface area contributed by atoms with Gasteiger partial charge in [0.1, 0.15) is 4.90 Å². The molecule has 0 radical (unpaired) electrons. The second-order valence-electron chi connectivity index (χ2n) is 3.08. The highest BCUT2D eigenvalue weighted by atomic mass is 32.2. The molecule has 0 saturated heterocycles. The van der Waals surface area contributed by atoms with Crippen molar-refractivity contribution < 1.29 is 28.0 Å². The summed E-state index contributed by atoms with van der Waals surface area (Å²) in [6.07, 6.45) is 0.183. The highest BCUT2D eigenvalue weighted by molar-refractivity contribution is 7.86. The van der Waals surface area contributed by atoms with Gasteiger partial charge in [0.05, 0.1) is 5.56 Å². The van der Waals surface area contributed by atoms with Gasteiger partial charge in [0.15, 0.2) is 0 Å². The molecule has 0 fully saturated rings. The molecule has 0 atom stereocenters. The molecule has 0 unspecified atom stereocenters. The third-order valence-corrected chi connectivity index (χ3v) is 2.85. The van der Waals surface area contributed by atoms with Crippen LogP contribution in [0.25, 0.3) is 0 Å². The number of carboxylic acids is 1. The van der Waals surface area contributed by atoms with Crippen molar-refractivity contribution in [2.75, 3.05) is 6.61 Å². The Balaban J connectivity index is 3.39. The highest BCUT2D eigenvalue weighted by Gasteiger charge is 2.20. The van der Waals surface area contributed by atoms with Crippen LogP contribution in [0.2, 0.25) is 0 Å². The van der Waals surface area contributed by atoms with Crippen molar-refractivity contribution in [3.05, 3.63) is 29.3 Å². The Labute approximate surface area is 91.9 Å². The van der Waals surface area contributed by atoms with Crippen molar-refractivity contribution in [2.45, 2.75) is 11.3 Å². The zero-order valence-corrected chi connectivity index (χ0v) is 8.94. The van der Waals surface area contributed by atoms with Crippen LogP contribution in [-0.2, 0) is 16.5 Å². The van der Waals surface area contributed by atoms with E-state index in [4.69, 9.17) is 14.8 Å². The molecule has 0 heterocycles. The van der Waals surface area contributed by atoms with Gasteiger partial charge in [0.2, 0.25) is 0 Å². The summed E-state index contributed by atoms with van der Waals surface area (Å²) in [4.78, 5) is 10.1. The predicted octanol–water partition coefficient (Wildman–Crippen LogP) is 0.166. The van der Waals surface area contributed by atoms with E-state index in [1.54, 1.807) is 0 Å². The maximum atomic E-state index is 10.9. The molecule has 0 aromatic heterocycles.